The average Bonchev–Trinajstić information content (AvgIpc) is 3.48. The summed E-state index contributed by atoms with van der Waals surface area (Å²) in [6.07, 6.45) is 8.23. The second-order valence-corrected chi connectivity index (χ2v) is 13.5. The molecule has 6 heteroatoms. The summed E-state index contributed by atoms with van der Waals surface area (Å²) in [5.41, 5.74) is 6.31. The molecule has 0 bridgehead atoms. The van der Waals surface area contributed by atoms with Gasteiger partial charge in [0, 0.05) is 30.7 Å². The van der Waals surface area contributed by atoms with Crippen LogP contribution in [-0.4, -0.2) is 40.8 Å². The van der Waals surface area contributed by atoms with Gasteiger partial charge in [-0.25, -0.2) is 0 Å². The number of benzene rings is 3. The molecule has 4 aliphatic rings. The van der Waals surface area contributed by atoms with Gasteiger partial charge in [0.25, 0.3) is 0 Å². The van der Waals surface area contributed by atoms with Crippen LogP contribution in [0.25, 0.3) is 21.9 Å². The van der Waals surface area contributed by atoms with E-state index >= 15 is 0 Å². The van der Waals surface area contributed by atoms with Crippen molar-refractivity contribution in [1.29, 1.82) is 0 Å². The molecule has 6 nitrogen and oxygen atoms in total. The molecule has 0 spiro atoms. The van der Waals surface area contributed by atoms with E-state index in [9.17, 15) is 0 Å². The highest BCUT2D eigenvalue weighted by Crippen LogP contribution is 2.57. The van der Waals surface area contributed by atoms with Crippen molar-refractivity contribution < 1.29 is 23.7 Å². The number of fused-ring (bicyclic) bond motifs is 7. The first-order chi connectivity index (χ1) is 20.8. The molecular formula is C37H45NO5. The molecular weight excluding hydrogens is 538 g/mol. The minimum Gasteiger partial charge on any atom is -0.493 e. The number of anilines is 1. The van der Waals surface area contributed by atoms with Gasteiger partial charge in [-0.05, 0) is 97.9 Å². The first kappa shape index (κ1) is 28.4. The zero-order chi connectivity index (χ0) is 30.0. The Balaban J connectivity index is 1.36. The largest absolute Gasteiger partial charge is 0.493 e. The van der Waals surface area contributed by atoms with Crippen LogP contribution in [0.15, 0.2) is 48.0 Å². The van der Waals surface area contributed by atoms with Crippen molar-refractivity contribution in [3.8, 4) is 34.1 Å². The molecule has 228 valence electrons. The van der Waals surface area contributed by atoms with Crippen molar-refractivity contribution in [3.63, 3.8) is 0 Å². The van der Waals surface area contributed by atoms with E-state index in [-0.39, 0.29) is 18.4 Å². The van der Waals surface area contributed by atoms with Crippen LogP contribution >= 0.6 is 0 Å². The number of methoxy groups -OCH3 is 3. The number of rotatable bonds is 6. The molecule has 0 radical (unpaired) electrons. The molecule has 0 N–H and O–H groups in total. The van der Waals surface area contributed by atoms with Crippen LogP contribution in [0, 0.1) is 23.7 Å². The van der Waals surface area contributed by atoms with Gasteiger partial charge < -0.3 is 28.6 Å². The van der Waals surface area contributed by atoms with Crippen LogP contribution in [0.3, 0.4) is 0 Å². The molecule has 2 aliphatic carbocycles. The fourth-order valence-corrected chi connectivity index (χ4v) is 8.82. The zero-order valence-electron chi connectivity index (χ0n) is 26.7. The van der Waals surface area contributed by atoms with Gasteiger partial charge in [-0.3, -0.25) is 0 Å². The molecule has 1 fully saturated rings. The van der Waals surface area contributed by atoms with E-state index in [1.54, 1.807) is 19.8 Å². The van der Waals surface area contributed by atoms with Gasteiger partial charge in [0.1, 0.15) is 0 Å². The molecule has 5 atom stereocenters. The third-order valence-electron chi connectivity index (χ3n) is 11.2. The maximum Gasteiger partial charge on any atom is 0.231 e. The number of hydrogen-bond acceptors (Lipinski definition) is 6. The van der Waals surface area contributed by atoms with Gasteiger partial charge in [0.15, 0.2) is 23.0 Å². The second kappa shape index (κ2) is 10.7. The van der Waals surface area contributed by atoms with Crippen LogP contribution in [0.2, 0.25) is 0 Å². The highest BCUT2D eigenvalue weighted by molar-refractivity contribution is 6.05. The molecule has 3 aromatic rings. The van der Waals surface area contributed by atoms with E-state index in [0.29, 0.717) is 23.7 Å². The molecule has 7 rings (SSSR count). The first-order valence-electron chi connectivity index (χ1n) is 15.9. The lowest BCUT2D eigenvalue weighted by atomic mass is 9.58. The molecule has 1 saturated carbocycles. The zero-order valence-corrected chi connectivity index (χ0v) is 26.7. The van der Waals surface area contributed by atoms with Gasteiger partial charge in [-0.1, -0.05) is 37.6 Å². The Morgan fingerprint density at radius 3 is 2.47 bits per heavy atom. The maximum atomic E-state index is 6.21. The Kier molecular flexibility index (Phi) is 7.04. The third kappa shape index (κ3) is 4.39. The predicted molar refractivity (Wildman–Crippen MR) is 172 cm³/mol. The molecule has 0 amide bonds. The Morgan fingerprint density at radius 2 is 1.74 bits per heavy atom. The fourth-order valence-electron chi connectivity index (χ4n) is 8.82. The molecule has 0 saturated heterocycles. The highest BCUT2D eigenvalue weighted by atomic mass is 16.7. The number of hydrogen-bond donors (Lipinski definition) is 0. The van der Waals surface area contributed by atoms with E-state index < -0.39 is 0 Å². The summed E-state index contributed by atoms with van der Waals surface area (Å²) in [4.78, 5) is 2.47. The number of allylic oxidation sites excluding steroid dienone is 1. The summed E-state index contributed by atoms with van der Waals surface area (Å²) in [5.74, 6) is 5.65. The maximum absolute atomic E-state index is 6.21. The van der Waals surface area contributed by atoms with Gasteiger partial charge in [0.05, 0.1) is 31.5 Å². The molecule has 0 aromatic heterocycles. The SMILES string of the molecule is COc1ccc2c(c1OC)[C@@H](CC1=C[C@@H]3[C@@H](C(C)C)CC[C@](C)(OC)[C@H]3CC1)N(C)c1c-2ccc2cc3c(cc12)OCO3. The highest BCUT2D eigenvalue weighted by Gasteiger charge is 2.48. The van der Waals surface area contributed by atoms with E-state index in [2.05, 4.69) is 69.1 Å². The normalized spacial score (nSPS) is 27.4. The first-order valence-corrected chi connectivity index (χ1v) is 15.9. The van der Waals surface area contributed by atoms with E-state index in [1.807, 2.05) is 13.2 Å². The minimum absolute atomic E-state index is 0.0488. The molecule has 3 aromatic carbocycles. The summed E-state index contributed by atoms with van der Waals surface area (Å²) in [6, 6.07) is 13.0. The predicted octanol–water partition coefficient (Wildman–Crippen LogP) is 8.56. The quantitative estimate of drug-likeness (QED) is 0.271. The van der Waals surface area contributed by atoms with Crippen LogP contribution in [0.1, 0.15) is 64.5 Å². The van der Waals surface area contributed by atoms with Crippen LogP contribution in [0.4, 0.5) is 5.69 Å². The molecule has 2 aliphatic heterocycles. The van der Waals surface area contributed by atoms with Crippen molar-refractivity contribution in [2.24, 2.45) is 23.7 Å². The Bertz CT molecular complexity index is 1590. The topological polar surface area (TPSA) is 49.4 Å². The number of nitrogens with zero attached hydrogens (tertiary/aromatic N) is 1. The van der Waals surface area contributed by atoms with Gasteiger partial charge >= 0.3 is 0 Å². The Morgan fingerprint density at radius 1 is 0.977 bits per heavy atom. The van der Waals surface area contributed by atoms with Gasteiger partial charge in [0.2, 0.25) is 6.79 Å². The lowest BCUT2D eigenvalue weighted by Crippen LogP contribution is -2.49. The van der Waals surface area contributed by atoms with Crippen LogP contribution in [0.5, 0.6) is 23.0 Å². The standard InChI is InChI=1S/C37H45NO5/c1-21(2)24-14-15-37(3,41-7)29-12-8-22(16-28(24)29)17-30-34-25(11-13-31(39-5)36(34)40-6)26-10-9-23-18-32-33(43-20-42-32)19-27(23)35(26)38(30)4/h9-11,13,16,18-19,21,24,28-30H,8,12,14-15,17,20H2,1-7H3/t24-,28-,29+,30-,37+/m1/s1. The monoisotopic (exact) mass is 583 g/mol. The molecule has 0 unspecified atom stereocenters. The van der Waals surface area contributed by atoms with Crippen LogP contribution < -0.4 is 23.8 Å². The van der Waals surface area contributed by atoms with Crippen molar-refractivity contribution in [2.75, 3.05) is 40.1 Å². The van der Waals surface area contributed by atoms with E-state index in [0.717, 1.165) is 47.6 Å². The van der Waals surface area contributed by atoms with E-state index in [4.69, 9.17) is 23.7 Å². The molecule has 2 heterocycles. The summed E-state index contributed by atoms with van der Waals surface area (Å²) in [6.45, 7) is 7.40. The average molecular weight is 584 g/mol. The summed E-state index contributed by atoms with van der Waals surface area (Å²) < 4.78 is 29.7. The Hall–Kier alpha value is -3.38. The van der Waals surface area contributed by atoms with Crippen molar-refractivity contribution in [2.45, 2.75) is 64.5 Å². The van der Waals surface area contributed by atoms with Crippen molar-refractivity contribution >= 4 is 16.5 Å². The molecule has 43 heavy (non-hydrogen) atoms. The summed E-state index contributed by atoms with van der Waals surface area (Å²) >= 11 is 0. The number of ether oxygens (including phenoxy) is 5. The Labute approximate surface area is 255 Å². The lowest BCUT2D eigenvalue weighted by Gasteiger charge is -2.51. The van der Waals surface area contributed by atoms with E-state index in [1.165, 1.54) is 40.6 Å². The summed E-state index contributed by atoms with van der Waals surface area (Å²) in [7, 11) is 7.63. The minimum atomic E-state index is -0.0488. The van der Waals surface area contributed by atoms with Crippen molar-refractivity contribution in [3.05, 3.63) is 53.6 Å². The van der Waals surface area contributed by atoms with Crippen LogP contribution in [-0.2, 0) is 4.74 Å². The van der Waals surface area contributed by atoms with Crippen molar-refractivity contribution in [1.82, 2.24) is 0 Å². The smallest absolute Gasteiger partial charge is 0.231 e. The third-order valence-corrected chi connectivity index (χ3v) is 11.2. The van der Waals surface area contributed by atoms with Gasteiger partial charge in [-0.2, -0.15) is 0 Å². The fraction of sp³-hybridized carbons (Fsp3) is 0.514. The lowest BCUT2D eigenvalue weighted by molar-refractivity contribution is -0.108. The second-order valence-electron chi connectivity index (χ2n) is 13.5. The van der Waals surface area contributed by atoms with Gasteiger partial charge in [-0.15, -0.1) is 0 Å². The summed E-state index contributed by atoms with van der Waals surface area (Å²) in [5, 5.41) is 2.33.